The number of nitrogens with zero attached hydrogens (tertiary/aromatic N) is 1. The number of hydrogen-bond donors (Lipinski definition) is 1. The van der Waals surface area contributed by atoms with Crippen molar-refractivity contribution in [2.24, 2.45) is 5.73 Å². The Morgan fingerprint density at radius 1 is 1.44 bits per heavy atom. The summed E-state index contributed by atoms with van der Waals surface area (Å²) >= 11 is 0. The van der Waals surface area contributed by atoms with Crippen molar-refractivity contribution in [1.82, 2.24) is 4.98 Å². The molecule has 0 saturated heterocycles. The average Bonchev–Trinajstić information content (AvgIpc) is 2.15. The molecule has 0 spiro atoms. The van der Waals surface area contributed by atoms with Crippen LogP contribution in [0.2, 0.25) is 0 Å². The molecule has 1 amide bonds. The zero-order chi connectivity index (χ0) is 12.5. The summed E-state index contributed by atoms with van der Waals surface area (Å²) in [5, 5.41) is 0. The summed E-state index contributed by atoms with van der Waals surface area (Å²) in [4.78, 5) is 14.3. The van der Waals surface area contributed by atoms with E-state index in [9.17, 15) is 18.0 Å². The van der Waals surface area contributed by atoms with E-state index in [-0.39, 0.29) is 5.92 Å². The molecule has 0 bridgehead atoms. The second-order valence-corrected chi connectivity index (χ2v) is 3.68. The second kappa shape index (κ2) is 4.11. The van der Waals surface area contributed by atoms with Crippen molar-refractivity contribution in [3.05, 3.63) is 29.1 Å². The Labute approximate surface area is 90.5 Å². The van der Waals surface area contributed by atoms with Gasteiger partial charge in [-0.1, -0.05) is 13.8 Å². The van der Waals surface area contributed by atoms with Gasteiger partial charge < -0.3 is 5.73 Å². The van der Waals surface area contributed by atoms with Gasteiger partial charge in [-0.3, -0.25) is 9.78 Å². The van der Waals surface area contributed by atoms with E-state index >= 15 is 0 Å². The van der Waals surface area contributed by atoms with Crippen LogP contribution in [0.15, 0.2) is 12.3 Å². The molecule has 0 aromatic carbocycles. The van der Waals surface area contributed by atoms with Crippen LogP contribution in [0.1, 0.15) is 41.4 Å². The zero-order valence-electron chi connectivity index (χ0n) is 8.80. The van der Waals surface area contributed by atoms with Gasteiger partial charge in [0.15, 0.2) is 0 Å². The molecule has 0 aliphatic rings. The van der Waals surface area contributed by atoms with Crippen LogP contribution in [-0.2, 0) is 6.18 Å². The normalized spacial score (nSPS) is 11.9. The van der Waals surface area contributed by atoms with E-state index in [2.05, 4.69) is 4.98 Å². The number of amides is 1. The summed E-state index contributed by atoms with van der Waals surface area (Å²) in [6, 6.07) is 0.914. The lowest BCUT2D eigenvalue weighted by atomic mass is 10.0. The Hall–Kier alpha value is -1.59. The zero-order valence-corrected chi connectivity index (χ0v) is 8.80. The molecule has 16 heavy (non-hydrogen) atoms. The van der Waals surface area contributed by atoms with Crippen molar-refractivity contribution >= 4 is 5.91 Å². The van der Waals surface area contributed by atoms with Gasteiger partial charge >= 0.3 is 6.18 Å². The predicted octanol–water partition coefficient (Wildman–Crippen LogP) is 2.32. The maximum absolute atomic E-state index is 12.6. The van der Waals surface area contributed by atoms with E-state index in [1.807, 2.05) is 0 Å². The van der Waals surface area contributed by atoms with Gasteiger partial charge in [0, 0.05) is 6.20 Å². The van der Waals surface area contributed by atoms with Crippen LogP contribution in [0, 0.1) is 0 Å². The van der Waals surface area contributed by atoms with Gasteiger partial charge in [0.2, 0.25) is 0 Å². The van der Waals surface area contributed by atoms with Crippen LogP contribution in [0.4, 0.5) is 13.2 Å². The molecule has 0 aliphatic carbocycles. The first-order chi connectivity index (χ1) is 7.23. The Bertz CT molecular complexity index is 413. The van der Waals surface area contributed by atoms with Gasteiger partial charge in [-0.2, -0.15) is 13.2 Å². The number of nitrogens with two attached hydrogens (primary N) is 1. The molecule has 0 aliphatic heterocycles. The third-order valence-corrected chi connectivity index (χ3v) is 2.11. The molecule has 0 fully saturated rings. The van der Waals surface area contributed by atoms with Crippen LogP contribution in [0.25, 0.3) is 0 Å². The number of primary amides is 1. The molecule has 3 nitrogen and oxygen atoms in total. The summed E-state index contributed by atoms with van der Waals surface area (Å²) in [7, 11) is 0. The molecule has 2 N–H and O–H groups in total. The van der Waals surface area contributed by atoms with Crippen LogP contribution < -0.4 is 5.73 Å². The second-order valence-electron chi connectivity index (χ2n) is 3.68. The first-order valence-corrected chi connectivity index (χ1v) is 4.60. The van der Waals surface area contributed by atoms with E-state index in [4.69, 9.17) is 5.73 Å². The molecule has 0 atom stereocenters. The predicted molar refractivity (Wildman–Crippen MR) is 51.8 cm³/mol. The average molecular weight is 232 g/mol. The van der Waals surface area contributed by atoms with Gasteiger partial charge in [-0.25, -0.2) is 0 Å². The van der Waals surface area contributed by atoms with E-state index in [1.165, 1.54) is 6.20 Å². The van der Waals surface area contributed by atoms with E-state index in [0.29, 0.717) is 5.56 Å². The van der Waals surface area contributed by atoms with Crippen molar-refractivity contribution < 1.29 is 18.0 Å². The highest BCUT2D eigenvalue weighted by molar-refractivity contribution is 5.92. The number of hydrogen-bond acceptors (Lipinski definition) is 2. The molecular weight excluding hydrogens is 221 g/mol. The number of carbonyl (C=O) groups excluding carboxylic acids is 1. The number of pyridine rings is 1. The van der Waals surface area contributed by atoms with Crippen molar-refractivity contribution in [2.75, 3.05) is 0 Å². The Balaban J connectivity index is 3.39. The molecule has 0 unspecified atom stereocenters. The number of halogens is 3. The minimum Gasteiger partial charge on any atom is -0.364 e. The van der Waals surface area contributed by atoms with Crippen LogP contribution >= 0.6 is 0 Å². The summed E-state index contributed by atoms with van der Waals surface area (Å²) in [5.41, 5.74) is 3.43. The third-order valence-electron chi connectivity index (χ3n) is 2.11. The van der Waals surface area contributed by atoms with Crippen LogP contribution in [0.5, 0.6) is 0 Å². The topological polar surface area (TPSA) is 56.0 Å². The van der Waals surface area contributed by atoms with Crippen molar-refractivity contribution in [3.8, 4) is 0 Å². The maximum atomic E-state index is 12.6. The maximum Gasteiger partial charge on any atom is 0.418 e. The van der Waals surface area contributed by atoms with Crippen molar-refractivity contribution in [1.29, 1.82) is 0 Å². The molecule has 6 heteroatoms. The lowest BCUT2D eigenvalue weighted by molar-refractivity contribution is -0.138. The first-order valence-electron chi connectivity index (χ1n) is 4.60. The van der Waals surface area contributed by atoms with Gasteiger partial charge in [0.25, 0.3) is 5.91 Å². The molecule has 1 aromatic rings. The fraction of sp³-hybridized carbons (Fsp3) is 0.400. The van der Waals surface area contributed by atoms with E-state index < -0.39 is 23.3 Å². The highest BCUT2D eigenvalue weighted by Crippen LogP contribution is 2.32. The summed E-state index contributed by atoms with van der Waals surface area (Å²) in [5.74, 6) is -1.28. The van der Waals surface area contributed by atoms with Crippen molar-refractivity contribution in [3.63, 3.8) is 0 Å². The minimum absolute atomic E-state index is 0.101. The molecule has 0 radical (unpaired) electrons. The lowest BCUT2D eigenvalue weighted by Gasteiger charge is -2.13. The van der Waals surface area contributed by atoms with Crippen molar-refractivity contribution in [2.45, 2.75) is 25.9 Å². The van der Waals surface area contributed by atoms with Gasteiger partial charge in [-0.15, -0.1) is 0 Å². The summed E-state index contributed by atoms with van der Waals surface area (Å²) in [6.07, 6.45) is -3.39. The molecular formula is C10H11F3N2O. The number of alkyl halides is 3. The first kappa shape index (κ1) is 12.5. The monoisotopic (exact) mass is 232 g/mol. The van der Waals surface area contributed by atoms with Gasteiger partial charge in [0.05, 0.1) is 5.56 Å². The Morgan fingerprint density at radius 3 is 2.38 bits per heavy atom. The fourth-order valence-electron chi connectivity index (χ4n) is 1.21. The molecule has 1 aromatic heterocycles. The molecule has 1 heterocycles. The van der Waals surface area contributed by atoms with Gasteiger partial charge in [-0.05, 0) is 17.5 Å². The largest absolute Gasteiger partial charge is 0.418 e. The highest BCUT2D eigenvalue weighted by Gasteiger charge is 2.36. The summed E-state index contributed by atoms with van der Waals surface area (Å²) in [6.45, 7) is 3.47. The van der Waals surface area contributed by atoms with Crippen LogP contribution in [-0.4, -0.2) is 10.9 Å². The molecule has 1 rings (SSSR count). The fourth-order valence-corrected chi connectivity index (χ4v) is 1.21. The lowest BCUT2D eigenvalue weighted by Crippen LogP contribution is -2.21. The quantitative estimate of drug-likeness (QED) is 0.850. The smallest absolute Gasteiger partial charge is 0.364 e. The Kier molecular flexibility index (Phi) is 3.21. The van der Waals surface area contributed by atoms with E-state index in [1.54, 1.807) is 13.8 Å². The molecule has 88 valence electrons. The van der Waals surface area contributed by atoms with E-state index in [0.717, 1.165) is 6.07 Å². The van der Waals surface area contributed by atoms with Gasteiger partial charge in [0.1, 0.15) is 5.69 Å². The standard InChI is InChI=1S/C10H11F3N2O/c1-5(2)6-3-7(10(11,12)13)8(9(14)16)15-4-6/h3-5H,1-2H3,(H2,14,16). The minimum atomic E-state index is -4.62. The number of carbonyl (C=O) groups is 1. The van der Waals surface area contributed by atoms with Crippen LogP contribution in [0.3, 0.4) is 0 Å². The molecule has 0 saturated carbocycles. The number of aromatic nitrogens is 1. The SMILES string of the molecule is CC(C)c1cnc(C(N)=O)c(C(F)(F)F)c1. The summed E-state index contributed by atoms with van der Waals surface area (Å²) < 4.78 is 37.8. The highest BCUT2D eigenvalue weighted by atomic mass is 19.4. The number of rotatable bonds is 2. The Morgan fingerprint density at radius 2 is 2.00 bits per heavy atom. The third kappa shape index (κ3) is 2.50.